The fraction of sp³-hybridized carbons (Fsp3) is 0.111. The third kappa shape index (κ3) is 5.22. The number of amidine groups is 1. The molecule has 0 radical (unpaired) electrons. The molecule has 0 saturated heterocycles. The first-order chi connectivity index (χ1) is 17.2. The molecule has 0 bridgehead atoms. The van der Waals surface area contributed by atoms with E-state index in [2.05, 4.69) is 4.98 Å². The Balaban J connectivity index is 1.61. The smallest absolute Gasteiger partial charge is 0.256 e. The Labute approximate surface area is 210 Å². The van der Waals surface area contributed by atoms with Crippen molar-refractivity contribution >= 4 is 21.8 Å². The van der Waals surface area contributed by atoms with Crippen molar-refractivity contribution in [3.8, 4) is 22.3 Å². The van der Waals surface area contributed by atoms with Crippen molar-refractivity contribution in [1.82, 2.24) is 9.88 Å². The molecule has 9 heteroatoms. The van der Waals surface area contributed by atoms with Crippen LogP contribution in [0.5, 0.6) is 0 Å². The molecule has 4 rings (SSSR count). The van der Waals surface area contributed by atoms with E-state index in [1.165, 1.54) is 6.07 Å². The summed E-state index contributed by atoms with van der Waals surface area (Å²) in [5, 5.41) is 13.0. The average molecular weight is 502 g/mol. The van der Waals surface area contributed by atoms with E-state index in [1.54, 1.807) is 41.6 Å². The van der Waals surface area contributed by atoms with Crippen LogP contribution in [0.4, 0.5) is 0 Å². The third-order valence-electron chi connectivity index (χ3n) is 5.96. The number of rotatable bonds is 8. The highest BCUT2D eigenvalue weighted by atomic mass is 32.2. The molecule has 0 aliphatic carbocycles. The van der Waals surface area contributed by atoms with Gasteiger partial charge in [-0.1, -0.05) is 60.7 Å². The molecule has 0 saturated carbocycles. The number of primary sulfonamides is 1. The molecule has 8 nitrogen and oxygen atoms in total. The SMILES string of the molecule is CCN(Cc1cccc(C(=N)N)c1)C(=O)c1c[nH]cc1-c1ccc(-c2ccccc2S(N)(=O)=O)cc1. The van der Waals surface area contributed by atoms with Crippen molar-refractivity contribution in [3.63, 3.8) is 0 Å². The van der Waals surface area contributed by atoms with Gasteiger partial charge in [0.25, 0.3) is 5.91 Å². The van der Waals surface area contributed by atoms with Gasteiger partial charge in [0.1, 0.15) is 5.84 Å². The van der Waals surface area contributed by atoms with Crippen LogP contribution in [0.15, 0.2) is 90.1 Å². The number of nitrogen functional groups attached to an aromatic ring is 1. The number of benzene rings is 3. The lowest BCUT2D eigenvalue weighted by Crippen LogP contribution is -2.30. The summed E-state index contributed by atoms with van der Waals surface area (Å²) >= 11 is 0. The van der Waals surface area contributed by atoms with Crippen molar-refractivity contribution in [1.29, 1.82) is 5.41 Å². The van der Waals surface area contributed by atoms with Gasteiger partial charge in [-0.15, -0.1) is 0 Å². The number of hydrogen-bond acceptors (Lipinski definition) is 4. The number of hydrogen-bond donors (Lipinski definition) is 4. The number of amides is 1. The molecule has 4 aromatic rings. The number of nitrogens with zero attached hydrogens (tertiary/aromatic N) is 1. The zero-order chi connectivity index (χ0) is 25.9. The van der Waals surface area contributed by atoms with E-state index in [-0.39, 0.29) is 16.6 Å². The van der Waals surface area contributed by atoms with Gasteiger partial charge in [0, 0.05) is 42.2 Å². The minimum absolute atomic E-state index is 0.0192. The number of carbonyl (C=O) groups is 1. The maximum Gasteiger partial charge on any atom is 0.256 e. The van der Waals surface area contributed by atoms with Gasteiger partial charge in [0.15, 0.2) is 0 Å². The predicted molar refractivity (Wildman–Crippen MR) is 141 cm³/mol. The van der Waals surface area contributed by atoms with Crippen molar-refractivity contribution in [2.75, 3.05) is 6.54 Å². The van der Waals surface area contributed by atoms with E-state index in [0.29, 0.717) is 35.3 Å². The van der Waals surface area contributed by atoms with E-state index in [0.717, 1.165) is 16.7 Å². The molecule has 3 aromatic carbocycles. The Kier molecular flexibility index (Phi) is 7.05. The number of carbonyl (C=O) groups excluding carboxylic acids is 1. The highest BCUT2D eigenvalue weighted by Crippen LogP contribution is 2.31. The number of nitrogens with one attached hydrogen (secondary N) is 2. The zero-order valence-electron chi connectivity index (χ0n) is 19.7. The summed E-state index contributed by atoms with van der Waals surface area (Å²) in [4.78, 5) is 18.3. The Morgan fingerprint density at radius 2 is 1.61 bits per heavy atom. The van der Waals surface area contributed by atoms with Crippen molar-refractivity contribution < 1.29 is 13.2 Å². The van der Waals surface area contributed by atoms with Crippen LogP contribution < -0.4 is 10.9 Å². The van der Waals surface area contributed by atoms with Crippen LogP contribution in [0.2, 0.25) is 0 Å². The zero-order valence-corrected chi connectivity index (χ0v) is 20.5. The summed E-state index contributed by atoms with van der Waals surface area (Å²) in [6.07, 6.45) is 3.45. The number of aromatic nitrogens is 1. The van der Waals surface area contributed by atoms with E-state index in [9.17, 15) is 13.2 Å². The molecular weight excluding hydrogens is 474 g/mol. The summed E-state index contributed by atoms with van der Waals surface area (Å²) in [6, 6.07) is 21.2. The van der Waals surface area contributed by atoms with Crippen molar-refractivity contribution in [2.24, 2.45) is 10.9 Å². The number of nitrogens with two attached hydrogens (primary N) is 2. The summed E-state index contributed by atoms with van der Waals surface area (Å²) in [5.41, 5.74) is 10.4. The van der Waals surface area contributed by atoms with E-state index in [4.69, 9.17) is 16.3 Å². The summed E-state index contributed by atoms with van der Waals surface area (Å²) in [5.74, 6) is -0.153. The second-order valence-corrected chi connectivity index (χ2v) is 9.86. The van der Waals surface area contributed by atoms with Gasteiger partial charge < -0.3 is 15.6 Å². The monoisotopic (exact) mass is 501 g/mol. The maximum absolute atomic E-state index is 13.5. The molecule has 1 amide bonds. The molecule has 36 heavy (non-hydrogen) atoms. The van der Waals surface area contributed by atoms with E-state index in [1.807, 2.05) is 49.4 Å². The molecule has 6 N–H and O–H groups in total. The minimum atomic E-state index is -3.87. The third-order valence-corrected chi connectivity index (χ3v) is 6.93. The molecular formula is C27H27N5O3S. The van der Waals surface area contributed by atoms with Crippen molar-refractivity contribution in [2.45, 2.75) is 18.4 Å². The number of sulfonamides is 1. The lowest BCUT2D eigenvalue weighted by atomic mass is 9.99. The molecule has 1 aromatic heterocycles. The molecule has 0 atom stereocenters. The minimum Gasteiger partial charge on any atom is -0.384 e. The van der Waals surface area contributed by atoms with Crippen LogP contribution in [0.3, 0.4) is 0 Å². The molecule has 184 valence electrons. The van der Waals surface area contributed by atoms with Gasteiger partial charge in [0.2, 0.25) is 10.0 Å². The number of aromatic amines is 1. The first-order valence-corrected chi connectivity index (χ1v) is 12.9. The quantitative estimate of drug-likeness (QED) is 0.214. The molecule has 1 heterocycles. The van der Waals surface area contributed by atoms with Crippen LogP contribution in [-0.4, -0.2) is 36.6 Å². The van der Waals surface area contributed by atoms with E-state index >= 15 is 0 Å². The van der Waals surface area contributed by atoms with Crippen LogP contribution in [0.25, 0.3) is 22.3 Å². The molecule has 0 aliphatic rings. The molecule has 0 spiro atoms. The van der Waals surface area contributed by atoms with Gasteiger partial charge in [-0.3, -0.25) is 10.2 Å². The fourth-order valence-corrected chi connectivity index (χ4v) is 4.88. The van der Waals surface area contributed by atoms with Crippen LogP contribution >= 0.6 is 0 Å². The lowest BCUT2D eigenvalue weighted by Gasteiger charge is -2.21. The van der Waals surface area contributed by atoms with Crippen LogP contribution in [-0.2, 0) is 16.6 Å². The Morgan fingerprint density at radius 3 is 2.25 bits per heavy atom. The Hall–Kier alpha value is -4.21. The first kappa shape index (κ1) is 24.9. The fourth-order valence-electron chi connectivity index (χ4n) is 4.12. The van der Waals surface area contributed by atoms with Gasteiger partial charge in [-0.2, -0.15) is 0 Å². The predicted octanol–water partition coefficient (Wildman–Crippen LogP) is 3.94. The first-order valence-electron chi connectivity index (χ1n) is 11.3. The highest BCUT2D eigenvalue weighted by Gasteiger charge is 2.20. The standard InChI is InChI=1S/C27H27N5O3S/c1-2-32(17-18-6-5-7-21(14-18)26(28)29)27(33)24-16-31-15-23(24)20-12-10-19(11-13-20)22-8-3-4-9-25(22)36(30,34)35/h3-16,31H,2,17H2,1H3,(H3,28,29)(H2,30,34,35). The highest BCUT2D eigenvalue weighted by molar-refractivity contribution is 7.89. The molecule has 0 unspecified atom stereocenters. The second kappa shape index (κ2) is 10.2. The topological polar surface area (TPSA) is 146 Å². The summed E-state index contributed by atoms with van der Waals surface area (Å²) in [6.45, 7) is 2.79. The summed E-state index contributed by atoms with van der Waals surface area (Å²) in [7, 11) is -3.87. The maximum atomic E-state index is 13.5. The molecule has 0 fully saturated rings. The normalized spacial score (nSPS) is 11.3. The van der Waals surface area contributed by atoms with Gasteiger partial charge in [0.05, 0.1) is 10.5 Å². The van der Waals surface area contributed by atoms with Gasteiger partial charge >= 0.3 is 0 Å². The second-order valence-electron chi connectivity index (χ2n) is 8.33. The molecule has 0 aliphatic heterocycles. The Morgan fingerprint density at radius 1 is 0.944 bits per heavy atom. The Bertz CT molecular complexity index is 1530. The van der Waals surface area contributed by atoms with Gasteiger partial charge in [-0.05, 0) is 35.7 Å². The van der Waals surface area contributed by atoms with E-state index < -0.39 is 10.0 Å². The van der Waals surface area contributed by atoms with Crippen LogP contribution in [0, 0.1) is 5.41 Å². The largest absolute Gasteiger partial charge is 0.384 e. The average Bonchev–Trinajstić information content (AvgIpc) is 3.36. The summed E-state index contributed by atoms with van der Waals surface area (Å²) < 4.78 is 24.0. The number of H-pyrrole nitrogens is 1. The van der Waals surface area contributed by atoms with Crippen LogP contribution in [0.1, 0.15) is 28.4 Å². The lowest BCUT2D eigenvalue weighted by molar-refractivity contribution is 0.0753. The van der Waals surface area contributed by atoms with Gasteiger partial charge in [-0.25, -0.2) is 13.6 Å². The van der Waals surface area contributed by atoms with Crippen molar-refractivity contribution in [3.05, 3.63) is 102 Å².